The van der Waals surface area contributed by atoms with Gasteiger partial charge in [-0.25, -0.2) is 33.7 Å². The van der Waals surface area contributed by atoms with Crippen molar-refractivity contribution in [2.45, 2.75) is 319 Å². The molecule has 8 aromatic rings. The van der Waals surface area contributed by atoms with Gasteiger partial charge >= 0.3 is 0 Å². The van der Waals surface area contributed by atoms with Crippen molar-refractivity contribution in [3.05, 3.63) is 121 Å². The van der Waals surface area contributed by atoms with Gasteiger partial charge in [-0.2, -0.15) is 18.7 Å². The van der Waals surface area contributed by atoms with Gasteiger partial charge in [-0.3, -0.25) is 0 Å². The number of benzene rings is 4. The predicted octanol–water partition coefficient (Wildman–Crippen LogP) is 17.1. The highest BCUT2D eigenvalue weighted by Crippen LogP contribution is 2.44. The Labute approximate surface area is 686 Å². The molecule has 0 atom stereocenters. The summed E-state index contributed by atoms with van der Waals surface area (Å²) in [4.78, 5) is 0. The number of aromatic nitrogens is 16. The second-order valence-electron chi connectivity index (χ2n) is 37.3. The monoisotopic (exact) mass is 1730 g/mol. The molecule has 0 aliphatic heterocycles. The first-order valence-corrected chi connectivity index (χ1v) is 57.2. The summed E-state index contributed by atoms with van der Waals surface area (Å²) >= 11 is 0. The van der Waals surface area contributed by atoms with Crippen LogP contribution in [0.3, 0.4) is 0 Å². The second-order valence-corrected chi connectivity index (χ2v) is 64.2. The van der Waals surface area contributed by atoms with E-state index in [0.29, 0.717) is 48.4 Å². The Balaban J connectivity index is 0.000000312. The minimum absolute atomic E-state index is 0.0561. The molecule has 0 amide bonds. The highest BCUT2D eigenvalue weighted by Gasteiger charge is 2.46. The van der Waals surface area contributed by atoms with Crippen molar-refractivity contribution < 1.29 is 51.4 Å². The molecule has 4 aromatic carbocycles. The first-order chi connectivity index (χ1) is 51.9. The van der Waals surface area contributed by atoms with E-state index in [9.17, 15) is 33.7 Å². The average molecular weight is 1730 g/mol. The van der Waals surface area contributed by atoms with Gasteiger partial charge in [0.15, 0.2) is 33.3 Å². The van der Waals surface area contributed by atoms with Crippen LogP contribution in [-0.4, -0.2) is 193 Å². The lowest BCUT2D eigenvalue weighted by molar-refractivity contribution is 0.0879. The Kier molecular flexibility index (Phi) is 34.6. The maximum Gasteiger partial charge on any atom is 0.272 e. The third-order valence-electron chi connectivity index (χ3n) is 21.1. The fraction of sp³-hybridized carbons (Fsp3) is 0.641. The van der Waals surface area contributed by atoms with E-state index in [1.807, 2.05) is 128 Å². The third kappa shape index (κ3) is 29.9. The van der Waals surface area contributed by atoms with Crippen LogP contribution in [0, 0.1) is 0 Å². The van der Waals surface area contributed by atoms with Crippen molar-refractivity contribution in [1.82, 2.24) is 80.8 Å². The Morgan fingerprint density at radius 1 is 0.281 bits per heavy atom. The number of hydrogen-bond acceptors (Lipinski definition) is 24. The van der Waals surface area contributed by atoms with Gasteiger partial charge in [0.05, 0.1) is 68.2 Å². The minimum Gasteiger partial charge on any atom is -0.412 e. The van der Waals surface area contributed by atoms with Gasteiger partial charge in [-0.15, -0.1) is 0 Å². The van der Waals surface area contributed by atoms with Crippen LogP contribution in [0.1, 0.15) is 204 Å². The first-order valence-electron chi connectivity index (χ1n) is 39.0. The quantitative estimate of drug-likeness (QED) is 0.0288. The number of tetrazole rings is 4. The molecule has 0 aliphatic rings. The normalized spacial score (nSPS) is 13.5. The highest BCUT2D eigenvalue weighted by molar-refractivity contribution is 7.92. The van der Waals surface area contributed by atoms with E-state index in [0.717, 1.165) is 0 Å². The standard InChI is InChI=1S/4C18H30N4O3SSi.C6H14/c4*1-17(2,3)27(6,7)25-18(4,5)13-14-26(23,24)16-19-20-21-22(16)15-11-9-8-10-12-15;1-3-5-6-4-2/h4*8-12H,13-14H2,1-7H3;3-6H2,1-2H3. The molecule has 0 saturated carbocycles. The summed E-state index contributed by atoms with van der Waals surface area (Å²) in [7, 11) is -22.7. The molecule has 36 heteroatoms. The molecule has 4 heterocycles. The number of sulfone groups is 4. The number of rotatable bonds is 31. The highest BCUT2D eigenvalue weighted by atomic mass is 32.2. The van der Waals surface area contributed by atoms with Gasteiger partial charge in [0, 0.05) is 0 Å². The molecule has 0 spiro atoms. The Bertz CT molecular complexity index is 4150. The summed E-state index contributed by atoms with van der Waals surface area (Å²) in [5, 5.41) is 44.3. The van der Waals surface area contributed by atoms with E-state index in [-0.39, 0.29) is 63.8 Å². The van der Waals surface area contributed by atoms with Crippen molar-refractivity contribution in [1.29, 1.82) is 0 Å². The Morgan fingerprint density at radius 3 is 0.579 bits per heavy atom. The van der Waals surface area contributed by atoms with Crippen LogP contribution in [-0.2, 0) is 57.1 Å². The molecule has 0 radical (unpaired) electrons. The zero-order chi connectivity index (χ0) is 86.9. The fourth-order valence-corrected chi connectivity index (χ4v) is 23.6. The van der Waals surface area contributed by atoms with Crippen molar-refractivity contribution in [3.8, 4) is 22.7 Å². The Hall–Kier alpha value is -6.33. The number of unbranched alkanes of at least 4 members (excludes halogenated alkanes) is 3. The molecule has 0 N–H and O–H groups in total. The zero-order valence-corrected chi connectivity index (χ0v) is 81.0. The molecule has 0 fully saturated rings. The van der Waals surface area contributed by atoms with Crippen molar-refractivity contribution in [2.75, 3.05) is 23.0 Å². The van der Waals surface area contributed by atoms with Gasteiger partial charge in [-0.1, -0.05) is 216 Å². The largest absolute Gasteiger partial charge is 0.412 e. The maximum atomic E-state index is 12.9. The molecule has 638 valence electrons. The fourth-order valence-electron chi connectivity index (χ4n) is 10.4. The van der Waals surface area contributed by atoms with Crippen molar-refractivity contribution in [2.24, 2.45) is 0 Å². The summed E-state index contributed by atoms with van der Waals surface area (Å²) < 4.78 is 134. The topological polar surface area (TPSA) is 348 Å². The summed E-state index contributed by atoms with van der Waals surface area (Å²) in [6, 6.07) is 36.0. The van der Waals surface area contributed by atoms with Crippen LogP contribution in [0.5, 0.6) is 0 Å². The third-order valence-corrected chi connectivity index (χ3v) is 46.0. The lowest BCUT2D eigenvalue weighted by Gasteiger charge is -2.42. The smallest absolute Gasteiger partial charge is 0.272 e. The predicted molar refractivity (Wildman–Crippen MR) is 463 cm³/mol. The van der Waals surface area contributed by atoms with Crippen LogP contribution in [0.25, 0.3) is 22.7 Å². The average Bonchev–Trinajstić information content (AvgIpc) is 1.14. The molecule has 8 rings (SSSR count). The molecular weight excluding hydrogens is 1590 g/mol. The van der Waals surface area contributed by atoms with Crippen LogP contribution in [0.15, 0.2) is 142 Å². The van der Waals surface area contributed by atoms with E-state index in [4.69, 9.17) is 17.7 Å². The van der Waals surface area contributed by atoms with Gasteiger partial charge in [-0.05, 0) is 244 Å². The van der Waals surface area contributed by atoms with Gasteiger partial charge in [0.1, 0.15) is 0 Å². The van der Waals surface area contributed by atoms with E-state index in [1.54, 1.807) is 48.5 Å². The molecule has 114 heavy (non-hydrogen) atoms. The first kappa shape index (κ1) is 100. The molecular formula is C78H134N16O12S4Si4. The van der Waals surface area contributed by atoms with Crippen LogP contribution >= 0.6 is 0 Å². The lowest BCUT2D eigenvalue weighted by Crippen LogP contribution is -2.48. The van der Waals surface area contributed by atoms with E-state index < -0.39 is 95.0 Å². The van der Waals surface area contributed by atoms with Crippen molar-refractivity contribution in [3.63, 3.8) is 0 Å². The molecule has 0 bridgehead atoms. The molecule has 4 aromatic heterocycles. The summed E-state index contributed by atoms with van der Waals surface area (Å²) in [5.41, 5.74) is 0.219. The SMILES string of the molecule is CC(C)(CCS(=O)(=O)c1nnnn1-c1ccccc1)O[Si](C)(C)C(C)(C)C.CC(C)(CCS(=O)(=O)c1nnnn1-c1ccccc1)O[Si](C)(C)C(C)(C)C.CC(C)(CCS(=O)(=O)c1nnnn1-c1ccccc1)O[Si](C)(C)C(C)(C)C.CC(C)(CCS(=O)(=O)c1nnnn1-c1ccccc1)O[Si](C)(C)C(C)(C)C.CCCCCC. The summed E-state index contributed by atoms with van der Waals surface area (Å²) in [6.07, 6.45) is 6.99. The molecule has 28 nitrogen and oxygen atoms in total. The minimum atomic E-state index is -3.66. The number of nitrogens with zero attached hydrogens (tertiary/aromatic N) is 16. The van der Waals surface area contributed by atoms with Crippen LogP contribution < -0.4 is 0 Å². The second kappa shape index (κ2) is 39.5. The van der Waals surface area contributed by atoms with Gasteiger partial charge in [0.25, 0.3) is 20.6 Å². The zero-order valence-electron chi connectivity index (χ0n) is 73.7. The maximum absolute atomic E-state index is 12.9. The molecule has 0 aliphatic carbocycles. The lowest BCUT2D eigenvalue weighted by atomic mass is 10.1. The van der Waals surface area contributed by atoms with Crippen molar-refractivity contribution >= 4 is 72.6 Å². The summed E-state index contributed by atoms with van der Waals surface area (Å²) in [5.74, 6) is -0.326. The van der Waals surface area contributed by atoms with E-state index in [1.165, 1.54) is 44.4 Å². The molecule has 0 unspecified atom stereocenters. The van der Waals surface area contributed by atoms with Crippen LogP contribution in [0.4, 0.5) is 0 Å². The van der Waals surface area contributed by atoms with Gasteiger partial charge in [0.2, 0.25) is 39.3 Å². The number of hydrogen-bond donors (Lipinski definition) is 0. The number of para-hydroxylation sites is 4. The van der Waals surface area contributed by atoms with Gasteiger partial charge < -0.3 is 17.7 Å². The van der Waals surface area contributed by atoms with E-state index in [2.05, 4.69) is 211 Å². The Morgan fingerprint density at radius 2 is 0.439 bits per heavy atom. The van der Waals surface area contributed by atoms with Crippen LogP contribution in [0.2, 0.25) is 72.5 Å². The van der Waals surface area contributed by atoms with E-state index >= 15 is 0 Å². The molecule has 0 saturated heterocycles. The summed E-state index contributed by atoms with van der Waals surface area (Å²) in [6.45, 7) is 63.4.